The summed E-state index contributed by atoms with van der Waals surface area (Å²) in [7, 11) is 0. The molecule has 1 aromatic rings. The minimum absolute atomic E-state index is 0.0707. The fraction of sp³-hybridized carbons (Fsp3) is 0.625. The Bertz CT molecular complexity index is 360. The molecule has 18 heavy (non-hydrogen) atoms. The van der Waals surface area contributed by atoms with Crippen LogP contribution in [0, 0.1) is 18.7 Å². The van der Waals surface area contributed by atoms with Gasteiger partial charge in [-0.2, -0.15) is 0 Å². The molecule has 102 valence electrons. The Morgan fingerprint density at radius 1 is 1.28 bits per heavy atom. The van der Waals surface area contributed by atoms with Crippen LogP contribution in [0.3, 0.4) is 0 Å². The molecule has 0 spiro atoms. The smallest absolute Gasteiger partial charge is 0.126 e. The highest BCUT2D eigenvalue weighted by atomic mass is 19.1. The largest absolute Gasteiger partial charge is 0.314 e. The lowest BCUT2D eigenvalue weighted by atomic mass is 9.96. The summed E-state index contributed by atoms with van der Waals surface area (Å²) in [5.41, 5.74) is 1.98. The van der Waals surface area contributed by atoms with Crippen LogP contribution in [0.1, 0.15) is 44.7 Å². The number of aryl methyl sites for hydroxylation is 2. The minimum atomic E-state index is -0.0707. The first kappa shape index (κ1) is 15.2. The molecule has 0 aromatic heterocycles. The Kier molecular flexibility index (Phi) is 6.34. The lowest BCUT2D eigenvalue weighted by Crippen LogP contribution is -2.34. The topological polar surface area (TPSA) is 12.0 Å². The van der Waals surface area contributed by atoms with Gasteiger partial charge in [0.05, 0.1) is 0 Å². The van der Waals surface area contributed by atoms with Crippen molar-refractivity contribution in [1.29, 1.82) is 0 Å². The Balaban J connectivity index is 2.58. The summed E-state index contributed by atoms with van der Waals surface area (Å²) in [5.74, 6) is 0.517. The van der Waals surface area contributed by atoms with Crippen molar-refractivity contribution < 1.29 is 4.39 Å². The van der Waals surface area contributed by atoms with Crippen LogP contribution in [0.5, 0.6) is 0 Å². The Morgan fingerprint density at radius 3 is 2.61 bits per heavy atom. The molecule has 0 saturated carbocycles. The third-order valence-electron chi connectivity index (χ3n) is 3.39. The summed E-state index contributed by atoms with van der Waals surface area (Å²) in [6.45, 7) is 9.67. The molecule has 0 aliphatic rings. The molecule has 1 N–H and O–H groups in total. The van der Waals surface area contributed by atoms with Gasteiger partial charge in [-0.25, -0.2) is 4.39 Å². The number of halogens is 1. The third kappa shape index (κ3) is 4.77. The van der Waals surface area contributed by atoms with Crippen molar-refractivity contribution in [2.45, 2.75) is 53.0 Å². The molecule has 1 atom stereocenters. The highest BCUT2D eigenvalue weighted by Gasteiger charge is 2.13. The molecule has 0 aliphatic carbocycles. The predicted molar refractivity (Wildman–Crippen MR) is 76.4 cm³/mol. The van der Waals surface area contributed by atoms with Crippen molar-refractivity contribution in [2.24, 2.45) is 5.92 Å². The number of benzene rings is 1. The Labute approximate surface area is 111 Å². The maximum Gasteiger partial charge on any atom is 0.126 e. The normalized spacial score (nSPS) is 13.0. The Morgan fingerprint density at radius 2 is 2.00 bits per heavy atom. The van der Waals surface area contributed by atoms with Gasteiger partial charge in [0.1, 0.15) is 5.82 Å². The van der Waals surface area contributed by atoms with Gasteiger partial charge in [0.2, 0.25) is 0 Å². The SMILES string of the molecule is CCCNC(CCc1cc(C)ccc1F)C(C)C. The van der Waals surface area contributed by atoms with Gasteiger partial charge in [-0.3, -0.25) is 0 Å². The van der Waals surface area contributed by atoms with Crippen LogP contribution in [0.25, 0.3) is 0 Å². The van der Waals surface area contributed by atoms with Crippen molar-refractivity contribution >= 4 is 0 Å². The fourth-order valence-corrected chi connectivity index (χ4v) is 2.21. The van der Waals surface area contributed by atoms with E-state index in [9.17, 15) is 4.39 Å². The highest BCUT2D eigenvalue weighted by Crippen LogP contribution is 2.15. The van der Waals surface area contributed by atoms with Gasteiger partial charge >= 0.3 is 0 Å². The zero-order valence-electron chi connectivity index (χ0n) is 12.1. The van der Waals surface area contributed by atoms with Gasteiger partial charge < -0.3 is 5.32 Å². The zero-order valence-corrected chi connectivity index (χ0v) is 12.1. The van der Waals surface area contributed by atoms with E-state index in [0.717, 1.165) is 36.9 Å². The summed E-state index contributed by atoms with van der Waals surface area (Å²) >= 11 is 0. The molecule has 1 unspecified atom stereocenters. The van der Waals surface area contributed by atoms with Crippen molar-refractivity contribution in [3.8, 4) is 0 Å². The van der Waals surface area contributed by atoms with Crippen LogP contribution < -0.4 is 5.32 Å². The van der Waals surface area contributed by atoms with E-state index in [1.54, 1.807) is 6.07 Å². The maximum atomic E-state index is 13.7. The molecule has 0 radical (unpaired) electrons. The number of hydrogen-bond acceptors (Lipinski definition) is 1. The third-order valence-corrected chi connectivity index (χ3v) is 3.39. The second-order valence-corrected chi connectivity index (χ2v) is 5.44. The van der Waals surface area contributed by atoms with Crippen LogP contribution in [-0.4, -0.2) is 12.6 Å². The molecule has 0 heterocycles. The van der Waals surface area contributed by atoms with Crippen molar-refractivity contribution in [2.75, 3.05) is 6.54 Å². The maximum absolute atomic E-state index is 13.7. The van der Waals surface area contributed by atoms with E-state index in [0.29, 0.717) is 12.0 Å². The molecule has 0 saturated heterocycles. The predicted octanol–water partition coefficient (Wildman–Crippen LogP) is 4.09. The second-order valence-electron chi connectivity index (χ2n) is 5.44. The lowest BCUT2D eigenvalue weighted by Gasteiger charge is -2.22. The average Bonchev–Trinajstić information content (AvgIpc) is 2.33. The number of nitrogens with one attached hydrogen (secondary N) is 1. The van der Waals surface area contributed by atoms with Crippen LogP contribution in [0.2, 0.25) is 0 Å². The zero-order chi connectivity index (χ0) is 13.5. The van der Waals surface area contributed by atoms with E-state index in [2.05, 4.69) is 26.1 Å². The first-order chi connectivity index (χ1) is 8.54. The van der Waals surface area contributed by atoms with E-state index in [1.807, 2.05) is 19.1 Å². The van der Waals surface area contributed by atoms with Crippen molar-refractivity contribution in [3.63, 3.8) is 0 Å². The van der Waals surface area contributed by atoms with Gasteiger partial charge in [0, 0.05) is 6.04 Å². The summed E-state index contributed by atoms with van der Waals surface area (Å²) in [6, 6.07) is 5.85. The van der Waals surface area contributed by atoms with E-state index < -0.39 is 0 Å². The lowest BCUT2D eigenvalue weighted by molar-refractivity contribution is 0.376. The molecule has 1 nitrogen and oxygen atoms in total. The van der Waals surface area contributed by atoms with Crippen molar-refractivity contribution in [3.05, 3.63) is 35.1 Å². The van der Waals surface area contributed by atoms with Crippen LogP contribution in [0.15, 0.2) is 18.2 Å². The van der Waals surface area contributed by atoms with Gasteiger partial charge in [-0.15, -0.1) is 0 Å². The van der Waals surface area contributed by atoms with E-state index in [-0.39, 0.29) is 5.82 Å². The first-order valence-electron chi connectivity index (χ1n) is 7.03. The number of hydrogen-bond donors (Lipinski definition) is 1. The molecule has 0 bridgehead atoms. The molecule has 1 aromatic carbocycles. The quantitative estimate of drug-likeness (QED) is 0.769. The molecule has 0 fully saturated rings. The summed E-state index contributed by atoms with van der Waals surface area (Å²) in [4.78, 5) is 0. The van der Waals surface area contributed by atoms with Gasteiger partial charge in [0.15, 0.2) is 0 Å². The van der Waals surface area contributed by atoms with Gasteiger partial charge in [-0.05, 0) is 50.3 Å². The van der Waals surface area contributed by atoms with Gasteiger partial charge in [-0.1, -0.05) is 38.5 Å². The van der Waals surface area contributed by atoms with E-state index in [1.165, 1.54) is 0 Å². The molecule has 1 rings (SSSR count). The molecular weight excluding hydrogens is 225 g/mol. The summed E-state index contributed by atoms with van der Waals surface area (Å²) < 4.78 is 13.7. The van der Waals surface area contributed by atoms with Crippen molar-refractivity contribution in [1.82, 2.24) is 5.32 Å². The summed E-state index contributed by atoms with van der Waals surface area (Å²) in [6.07, 6.45) is 2.95. The average molecular weight is 251 g/mol. The highest BCUT2D eigenvalue weighted by molar-refractivity contribution is 5.24. The summed E-state index contributed by atoms with van der Waals surface area (Å²) in [5, 5.41) is 3.55. The molecule has 0 amide bonds. The number of rotatable bonds is 7. The van der Waals surface area contributed by atoms with E-state index in [4.69, 9.17) is 0 Å². The second kappa shape index (κ2) is 7.52. The van der Waals surface area contributed by atoms with Crippen LogP contribution >= 0.6 is 0 Å². The molecule has 2 heteroatoms. The van der Waals surface area contributed by atoms with Gasteiger partial charge in [0.25, 0.3) is 0 Å². The van der Waals surface area contributed by atoms with E-state index >= 15 is 0 Å². The van der Waals surface area contributed by atoms with Crippen LogP contribution in [-0.2, 0) is 6.42 Å². The Hall–Kier alpha value is -0.890. The fourth-order valence-electron chi connectivity index (χ4n) is 2.21. The first-order valence-corrected chi connectivity index (χ1v) is 7.03. The standard InChI is InChI=1S/C16H26FN/c1-5-10-18-16(12(2)3)9-7-14-11-13(4)6-8-15(14)17/h6,8,11-12,16,18H,5,7,9-10H2,1-4H3. The molecular formula is C16H26FN. The minimum Gasteiger partial charge on any atom is -0.314 e. The monoisotopic (exact) mass is 251 g/mol. The molecule has 0 aliphatic heterocycles. The van der Waals surface area contributed by atoms with Crippen LogP contribution in [0.4, 0.5) is 4.39 Å².